The van der Waals surface area contributed by atoms with Crippen LogP contribution in [0.1, 0.15) is 11.1 Å². The minimum atomic E-state index is -2.88. The third kappa shape index (κ3) is 4.82. The number of hydrogen-bond acceptors (Lipinski definition) is 0. The van der Waals surface area contributed by atoms with Gasteiger partial charge in [0.1, 0.15) is 0 Å². The highest BCUT2D eigenvalue weighted by atomic mass is 28.3. The van der Waals surface area contributed by atoms with E-state index < -0.39 is 16.1 Å². The molecule has 0 nitrogen and oxygen atoms in total. The normalized spacial score (nSPS) is 11.7. The predicted octanol–water partition coefficient (Wildman–Crippen LogP) is 5.06. The van der Waals surface area contributed by atoms with Crippen LogP contribution in [0.25, 0.3) is 0 Å². The van der Waals surface area contributed by atoms with Gasteiger partial charge in [0.05, 0.1) is 0 Å². The average molecular weight is 623 g/mol. The lowest BCUT2D eigenvalue weighted by molar-refractivity contribution is 1.50. The molecule has 7 rings (SSSR count). The summed E-state index contributed by atoms with van der Waals surface area (Å²) in [5.74, 6) is 0. The molecule has 0 amide bonds. The van der Waals surface area contributed by atoms with E-state index in [4.69, 9.17) is 0 Å². The Balaban J connectivity index is 1.74. The molecule has 0 heterocycles. The van der Waals surface area contributed by atoms with E-state index in [9.17, 15) is 0 Å². The molecule has 0 saturated heterocycles. The van der Waals surface area contributed by atoms with Crippen LogP contribution in [0.3, 0.4) is 0 Å². The average Bonchev–Trinajstić information content (AvgIpc) is 3.13. The first-order valence-electron chi connectivity index (χ1n) is 16.1. The highest BCUT2D eigenvalue weighted by Crippen LogP contribution is 2.16. The molecule has 222 valence electrons. The van der Waals surface area contributed by atoms with Gasteiger partial charge < -0.3 is 0 Å². The van der Waals surface area contributed by atoms with E-state index in [1.165, 1.54) is 52.6 Å². The van der Waals surface area contributed by atoms with Gasteiger partial charge in [-0.25, -0.2) is 0 Å². The summed E-state index contributed by atoms with van der Waals surface area (Å²) in [4.78, 5) is 0. The largest absolute Gasteiger partial charge is 0.179 e. The maximum absolute atomic E-state index is 2.88. The Kier molecular flexibility index (Phi) is 8.23. The second kappa shape index (κ2) is 12.8. The number of benzene rings is 7. The molecule has 0 atom stereocenters. The second-order valence-corrected chi connectivity index (χ2v) is 19.6. The molecule has 46 heavy (non-hydrogen) atoms. The first kappa shape index (κ1) is 29.7. The van der Waals surface area contributed by atoms with Crippen molar-refractivity contribution >= 4 is 57.6 Å². The third-order valence-electron chi connectivity index (χ3n) is 9.66. The molecule has 0 aliphatic rings. The fourth-order valence-corrected chi connectivity index (χ4v) is 19.1. The molecule has 0 bridgehead atoms. The Morgan fingerprint density at radius 2 is 0.457 bits per heavy atom. The lowest BCUT2D eigenvalue weighted by Gasteiger charge is -2.42. The summed E-state index contributed by atoms with van der Waals surface area (Å²) in [7, 11) is -5.76. The Bertz CT molecular complexity index is 1820. The van der Waals surface area contributed by atoms with Crippen LogP contribution in [0.2, 0.25) is 0 Å². The van der Waals surface area contributed by atoms with Gasteiger partial charge in [0.25, 0.3) is 0 Å². The van der Waals surface area contributed by atoms with Crippen molar-refractivity contribution in [3.63, 3.8) is 0 Å². The molecule has 0 radical (unpaired) electrons. The lowest BCUT2D eigenvalue weighted by Crippen LogP contribution is -2.85. The Labute approximate surface area is 275 Å². The van der Waals surface area contributed by atoms with Crippen molar-refractivity contribution in [2.45, 2.75) is 13.8 Å². The van der Waals surface area contributed by atoms with Gasteiger partial charge in [0.2, 0.25) is 0 Å². The van der Waals surface area contributed by atoms with Crippen LogP contribution in [0.15, 0.2) is 194 Å². The van der Waals surface area contributed by atoms with Crippen LogP contribution in [0.5, 0.6) is 0 Å². The summed E-state index contributed by atoms with van der Waals surface area (Å²) in [6, 6.07) is 73.2. The Morgan fingerprint density at radius 3 is 0.717 bits per heavy atom. The van der Waals surface area contributed by atoms with Crippen molar-refractivity contribution in [3.05, 3.63) is 205 Å². The standard InChI is InChI=1S/C44H38Si2/c1-35-21-15-17-31-41(35)45(37-23-7-3-8-24-37,38-25-9-4-10-26-38)43-33-19-20-34-44(43)46(39-27-11-5-12-28-39,40-29-13-6-14-30-40)42-32-18-16-22-36(42)2/h3-34H,1-2H3. The SMILES string of the molecule is Cc1ccccc1[Si](c1ccccc1)(c1ccccc1)c1ccccc1[Si](c1ccccc1)(c1ccccc1)c1ccccc1C. The number of hydrogen-bond donors (Lipinski definition) is 0. The van der Waals surface area contributed by atoms with Gasteiger partial charge in [0.15, 0.2) is 16.1 Å². The van der Waals surface area contributed by atoms with Gasteiger partial charge in [-0.05, 0) is 55.3 Å². The number of aryl methyl sites for hydroxylation is 2. The van der Waals surface area contributed by atoms with Crippen molar-refractivity contribution < 1.29 is 0 Å². The topological polar surface area (TPSA) is 0 Å². The molecule has 0 aromatic heterocycles. The van der Waals surface area contributed by atoms with Crippen molar-refractivity contribution in [1.82, 2.24) is 0 Å². The summed E-state index contributed by atoms with van der Waals surface area (Å²) in [6.45, 7) is 4.60. The molecule has 0 saturated carbocycles. The van der Waals surface area contributed by atoms with E-state index in [-0.39, 0.29) is 0 Å². The van der Waals surface area contributed by atoms with E-state index in [0.717, 1.165) is 0 Å². The first-order valence-corrected chi connectivity index (χ1v) is 20.1. The molecule has 0 unspecified atom stereocenters. The zero-order valence-electron chi connectivity index (χ0n) is 26.5. The van der Waals surface area contributed by atoms with Crippen molar-refractivity contribution in [1.29, 1.82) is 0 Å². The Morgan fingerprint density at radius 1 is 0.239 bits per heavy atom. The molecular weight excluding hydrogens is 585 g/mol. The van der Waals surface area contributed by atoms with E-state index in [0.29, 0.717) is 0 Å². The van der Waals surface area contributed by atoms with Crippen LogP contribution >= 0.6 is 0 Å². The van der Waals surface area contributed by atoms with Crippen LogP contribution < -0.4 is 41.5 Å². The molecule has 0 aliphatic heterocycles. The highest BCUT2D eigenvalue weighted by molar-refractivity contribution is 7.27. The predicted molar refractivity (Wildman–Crippen MR) is 203 cm³/mol. The van der Waals surface area contributed by atoms with Gasteiger partial charge in [-0.15, -0.1) is 0 Å². The van der Waals surface area contributed by atoms with Crippen molar-refractivity contribution in [2.24, 2.45) is 0 Å². The minimum absolute atomic E-state index is 1.33. The van der Waals surface area contributed by atoms with Gasteiger partial charge in [0, 0.05) is 0 Å². The Hall–Kier alpha value is -5.03. The van der Waals surface area contributed by atoms with E-state index in [1.54, 1.807) is 0 Å². The molecule has 2 heteroatoms. The van der Waals surface area contributed by atoms with Gasteiger partial charge in [-0.1, -0.05) is 205 Å². The fourth-order valence-electron chi connectivity index (χ4n) is 7.74. The van der Waals surface area contributed by atoms with Gasteiger partial charge in [-0.3, -0.25) is 0 Å². The summed E-state index contributed by atoms with van der Waals surface area (Å²) in [5, 5.41) is 11.4. The second-order valence-electron chi connectivity index (χ2n) is 12.1. The molecule has 0 spiro atoms. The quantitative estimate of drug-likeness (QED) is 0.164. The molecule has 0 N–H and O–H groups in total. The zero-order chi connectivity index (χ0) is 31.4. The van der Waals surface area contributed by atoms with Crippen LogP contribution in [0.4, 0.5) is 0 Å². The maximum Gasteiger partial charge on any atom is 0.179 e. The summed E-state index contributed by atoms with van der Waals surface area (Å²) in [5.41, 5.74) is 2.67. The fraction of sp³-hybridized carbons (Fsp3) is 0.0455. The van der Waals surface area contributed by atoms with Crippen molar-refractivity contribution in [2.75, 3.05) is 0 Å². The third-order valence-corrected chi connectivity index (χ3v) is 19.9. The van der Waals surface area contributed by atoms with Crippen LogP contribution in [0, 0.1) is 13.8 Å². The first-order chi connectivity index (χ1) is 22.7. The monoisotopic (exact) mass is 622 g/mol. The van der Waals surface area contributed by atoms with E-state index >= 15 is 0 Å². The molecule has 0 aliphatic carbocycles. The van der Waals surface area contributed by atoms with E-state index in [1.807, 2.05) is 0 Å². The molecule has 7 aromatic rings. The van der Waals surface area contributed by atoms with Gasteiger partial charge in [-0.2, -0.15) is 0 Å². The van der Waals surface area contributed by atoms with Crippen LogP contribution in [-0.2, 0) is 0 Å². The molecule has 0 fully saturated rings. The summed E-state index contributed by atoms with van der Waals surface area (Å²) < 4.78 is 0. The van der Waals surface area contributed by atoms with Crippen LogP contribution in [-0.4, -0.2) is 16.1 Å². The van der Waals surface area contributed by atoms with Gasteiger partial charge >= 0.3 is 0 Å². The smallest absolute Gasteiger partial charge is 0.0624 e. The maximum atomic E-state index is 2.47. The summed E-state index contributed by atoms with van der Waals surface area (Å²) in [6.07, 6.45) is 0. The highest BCUT2D eigenvalue weighted by Gasteiger charge is 2.50. The van der Waals surface area contributed by atoms with E-state index in [2.05, 4.69) is 208 Å². The molecule has 7 aromatic carbocycles. The minimum Gasteiger partial charge on any atom is -0.0624 e. The number of rotatable bonds is 8. The summed E-state index contributed by atoms with van der Waals surface area (Å²) >= 11 is 0. The lowest BCUT2D eigenvalue weighted by atomic mass is 10.2. The molecular formula is C44H38Si2. The van der Waals surface area contributed by atoms with Crippen molar-refractivity contribution in [3.8, 4) is 0 Å². The zero-order valence-corrected chi connectivity index (χ0v) is 28.5.